The van der Waals surface area contributed by atoms with E-state index in [0.29, 0.717) is 18.8 Å². The van der Waals surface area contributed by atoms with Crippen LogP contribution in [0.5, 0.6) is 0 Å². The van der Waals surface area contributed by atoms with E-state index in [9.17, 15) is 8.78 Å². The van der Waals surface area contributed by atoms with Gasteiger partial charge in [-0.1, -0.05) is 13.0 Å². The average molecular weight is 273 g/mol. The van der Waals surface area contributed by atoms with E-state index in [2.05, 4.69) is 23.7 Å². The largest absolute Gasteiger partial charge is 0.309 e. The van der Waals surface area contributed by atoms with Crippen LogP contribution in [0.3, 0.4) is 0 Å². The zero-order chi connectivity index (χ0) is 13.0. The Morgan fingerprint density at radius 2 is 2.17 bits per heavy atom. The summed E-state index contributed by atoms with van der Waals surface area (Å²) in [6, 6.07) is 4.42. The van der Waals surface area contributed by atoms with Crippen LogP contribution in [-0.4, -0.2) is 12.5 Å². The van der Waals surface area contributed by atoms with Crippen molar-refractivity contribution in [2.45, 2.75) is 51.0 Å². The highest BCUT2D eigenvalue weighted by molar-refractivity contribution is 7.10. The molecular weight excluding hydrogens is 252 g/mol. The Bertz CT molecular complexity index is 341. The molecule has 1 aliphatic rings. The van der Waals surface area contributed by atoms with Crippen molar-refractivity contribution in [2.24, 2.45) is 5.92 Å². The Labute approximate surface area is 112 Å². The first kappa shape index (κ1) is 13.9. The van der Waals surface area contributed by atoms with E-state index in [1.165, 1.54) is 4.88 Å². The summed E-state index contributed by atoms with van der Waals surface area (Å²) in [6.45, 7) is 3.09. The lowest BCUT2D eigenvalue weighted by molar-refractivity contribution is -0.0496. The molecule has 0 radical (unpaired) electrons. The van der Waals surface area contributed by atoms with Crippen molar-refractivity contribution in [1.29, 1.82) is 0 Å². The summed E-state index contributed by atoms with van der Waals surface area (Å²) in [7, 11) is 0. The fourth-order valence-electron chi connectivity index (χ4n) is 2.66. The fraction of sp³-hybridized carbons (Fsp3) is 0.714. The van der Waals surface area contributed by atoms with E-state index in [4.69, 9.17) is 0 Å². The molecule has 0 aromatic carbocycles. The monoisotopic (exact) mass is 273 g/mol. The van der Waals surface area contributed by atoms with Gasteiger partial charge in [-0.25, -0.2) is 8.78 Å². The van der Waals surface area contributed by atoms with Gasteiger partial charge in [-0.2, -0.15) is 0 Å². The molecule has 1 heterocycles. The van der Waals surface area contributed by atoms with Gasteiger partial charge in [0.15, 0.2) is 0 Å². The first-order chi connectivity index (χ1) is 8.62. The van der Waals surface area contributed by atoms with Crippen LogP contribution < -0.4 is 5.32 Å². The second-order valence-electron chi connectivity index (χ2n) is 5.14. The Balaban J connectivity index is 2.01. The highest BCUT2D eigenvalue weighted by Crippen LogP contribution is 2.42. The molecule has 1 N–H and O–H groups in total. The first-order valence-corrected chi connectivity index (χ1v) is 7.65. The quantitative estimate of drug-likeness (QED) is 0.825. The van der Waals surface area contributed by atoms with Gasteiger partial charge in [-0.3, -0.25) is 0 Å². The van der Waals surface area contributed by atoms with Crippen LogP contribution in [0.25, 0.3) is 0 Å². The first-order valence-electron chi connectivity index (χ1n) is 6.77. The second kappa shape index (κ2) is 6.11. The molecule has 4 heteroatoms. The number of thiophene rings is 1. The maximum absolute atomic E-state index is 13.2. The van der Waals surface area contributed by atoms with Gasteiger partial charge in [0.25, 0.3) is 0 Å². The number of halogens is 2. The minimum absolute atomic E-state index is 0.0490. The number of hydrogen-bond acceptors (Lipinski definition) is 2. The lowest BCUT2D eigenvalue weighted by Gasteiger charge is -2.34. The van der Waals surface area contributed by atoms with Gasteiger partial charge in [0.05, 0.1) is 0 Å². The van der Waals surface area contributed by atoms with Gasteiger partial charge < -0.3 is 5.32 Å². The van der Waals surface area contributed by atoms with E-state index in [0.717, 1.165) is 13.0 Å². The van der Waals surface area contributed by atoms with Crippen LogP contribution >= 0.6 is 11.3 Å². The maximum Gasteiger partial charge on any atom is 0.248 e. The van der Waals surface area contributed by atoms with Crippen molar-refractivity contribution >= 4 is 11.3 Å². The molecule has 0 saturated heterocycles. The van der Waals surface area contributed by atoms with Gasteiger partial charge in [-0.05, 0) is 43.2 Å². The Morgan fingerprint density at radius 3 is 2.72 bits per heavy atom. The van der Waals surface area contributed by atoms with Gasteiger partial charge >= 0.3 is 0 Å². The van der Waals surface area contributed by atoms with E-state index < -0.39 is 5.92 Å². The van der Waals surface area contributed by atoms with Crippen LogP contribution in [0.1, 0.15) is 49.9 Å². The van der Waals surface area contributed by atoms with Crippen molar-refractivity contribution in [3.63, 3.8) is 0 Å². The van der Waals surface area contributed by atoms with Crippen molar-refractivity contribution in [2.75, 3.05) is 6.54 Å². The van der Waals surface area contributed by atoms with Crippen LogP contribution in [0.2, 0.25) is 0 Å². The molecular formula is C14H21F2NS. The van der Waals surface area contributed by atoms with Crippen molar-refractivity contribution in [3.05, 3.63) is 22.4 Å². The van der Waals surface area contributed by atoms with Gasteiger partial charge in [0.1, 0.15) is 0 Å². The summed E-state index contributed by atoms with van der Waals surface area (Å²) in [6.07, 6.45) is 2.43. The summed E-state index contributed by atoms with van der Waals surface area (Å²) in [4.78, 5) is 1.29. The zero-order valence-corrected chi connectivity index (χ0v) is 11.6. The molecule has 0 amide bonds. The normalized spacial score (nSPS) is 21.9. The predicted octanol–water partition coefficient (Wildman–Crippen LogP) is 4.61. The SMILES string of the molecule is CCCNC(c1cccs1)C1CCC(F)(F)CC1. The molecule has 0 bridgehead atoms. The number of rotatable bonds is 5. The third-order valence-electron chi connectivity index (χ3n) is 3.70. The summed E-state index contributed by atoms with van der Waals surface area (Å²) >= 11 is 1.73. The maximum atomic E-state index is 13.2. The summed E-state index contributed by atoms with van der Waals surface area (Å²) in [5.74, 6) is -2.07. The van der Waals surface area contributed by atoms with Crippen molar-refractivity contribution < 1.29 is 8.78 Å². The second-order valence-corrected chi connectivity index (χ2v) is 6.12. The summed E-state index contributed by atoms with van der Waals surface area (Å²) < 4.78 is 26.4. The van der Waals surface area contributed by atoms with Crippen LogP contribution in [0, 0.1) is 5.92 Å². The molecule has 1 unspecified atom stereocenters. The van der Waals surface area contributed by atoms with Gasteiger partial charge in [0.2, 0.25) is 5.92 Å². The molecule has 1 aromatic rings. The number of alkyl halides is 2. The molecule has 1 atom stereocenters. The smallest absolute Gasteiger partial charge is 0.248 e. The third-order valence-corrected chi connectivity index (χ3v) is 4.65. The topological polar surface area (TPSA) is 12.0 Å². The van der Waals surface area contributed by atoms with Crippen molar-refractivity contribution in [3.8, 4) is 0 Å². The number of nitrogens with one attached hydrogen (secondary N) is 1. The predicted molar refractivity (Wildman–Crippen MR) is 72.3 cm³/mol. The molecule has 1 aliphatic carbocycles. The molecule has 1 nitrogen and oxygen atoms in total. The Hall–Kier alpha value is -0.480. The lowest BCUT2D eigenvalue weighted by Crippen LogP contribution is -2.34. The van der Waals surface area contributed by atoms with E-state index in [1.807, 2.05) is 6.07 Å². The average Bonchev–Trinajstić information content (AvgIpc) is 2.85. The van der Waals surface area contributed by atoms with Gasteiger partial charge in [-0.15, -0.1) is 11.3 Å². The minimum atomic E-state index is -2.43. The Morgan fingerprint density at radius 1 is 1.44 bits per heavy atom. The molecule has 102 valence electrons. The standard InChI is InChI=1S/C14H21F2NS/c1-2-9-17-13(12-4-3-10-18-12)11-5-7-14(15,16)8-6-11/h3-4,10-11,13,17H,2,5-9H2,1H3. The molecule has 0 spiro atoms. The minimum Gasteiger partial charge on any atom is -0.309 e. The highest BCUT2D eigenvalue weighted by Gasteiger charge is 2.38. The van der Waals surface area contributed by atoms with Crippen LogP contribution in [0.15, 0.2) is 17.5 Å². The molecule has 1 saturated carbocycles. The fourth-order valence-corrected chi connectivity index (χ4v) is 3.56. The van der Waals surface area contributed by atoms with E-state index in [1.54, 1.807) is 11.3 Å². The van der Waals surface area contributed by atoms with Crippen molar-refractivity contribution in [1.82, 2.24) is 5.32 Å². The highest BCUT2D eigenvalue weighted by atomic mass is 32.1. The summed E-state index contributed by atoms with van der Waals surface area (Å²) in [5.41, 5.74) is 0. The molecule has 1 fully saturated rings. The third kappa shape index (κ3) is 3.51. The van der Waals surface area contributed by atoms with Gasteiger partial charge in [0, 0.05) is 23.8 Å². The summed E-state index contributed by atoms with van der Waals surface area (Å²) in [5, 5.41) is 5.60. The molecule has 2 rings (SSSR count). The van der Waals surface area contributed by atoms with Crippen LogP contribution in [-0.2, 0) is 0 Å². The number of hydrogen-bond donors (Lipinski definition) is 1. The molecule has 18 heavy (non-hydrogen) atoms. The molecule has 1 aromatic heterocycles. The molecule has 0 aliphatic heterocycles. The van der Waals surface area contributed by atoms with E-state index in [-0.39, 0.29) is 18.9 Å². The van der Waals surface area contributed by atoms with Crippen LogP contribution in [0.4, 0.5) is 8.78 Å². The Kier molecular flexibility index (Phi) is 4.73. The zero-order valence-electron chi connectivity index (χ0n) is 10.8. The lowest BCUT2D eigenvalue weighted by atomic mass is 9.81. The van der Waals surface area contributed by atoms with E-state index >= 15 is 0 Å².